The van der Waals surface area contributed by atoms with Gasteiger partial charge in [-0.1, -0.05) is 0 Å². The first-order chi connectivity index (χ1) is 4.63. The van der Waals surface area contributed by atoms with E-state index in [-0.39, 0.29) is 0 Å². The first-order valence-electron chi connectivity index (χ1n) is 2.66. The van der Waals surface area contributed by atoms with Crippen LogP contribution in [0.3, 0.4) is 0 Å². The van der Waals surface area contributed by atoms with Crippen molar-refractivity contribution in [3.05, 3.63) is 33.1 Å². The van der Waals surface area contributed by atoms with Crippen LogP contribution in [0.1, 0.15) is 0 Å². The van der Waals surface area contributed by atoms with Crippen molar-refractivity contribution in [2.75, 3.05) is 5.84 Å². The summed E-state index contributed by atoms with van der Waals surface area (Å²) in [7, 11) is 1.52. The van der Waals surface area contributed by atoms with Crippen molar-refractivity contribution in [3.8, 4) is 0 Å². The molecule has 0 bridgehead atoms. The van der Waals surface area contributed by atoms with Crippen LogP contribution in [0.15, 0.2) is 21.9 Å². The molecule has 0 aliphatic rings. The maximum Gasteiger partial charge on any atom is 0.349 e. The summed E-state index contributed by atoms with van der Waals surface area (Å²) in [5.41, 5.74) is -1.02. The summed E-state index contributed by atoms with van der Waals surface area (Å²) in [6.07, 6.45) is 1.37. The van der Waals surface area contributed by atoms with Crippen LogP contribution in [0.25, 0.3) is 0 Å². The van der Waals surface area contributed by atoms with E-state index in [0.717, 1.165) is 0 Å². The summed E-state index contributed by atoms with van der Waals surface area (Å²) < 4.78 is 1.78. The molecule has 0 fully saturated rings. The number of rotatable bonds is 0. The first-order valence-corrected chi connectivity index (χ1v) is 2.66. The minimum Gasteiger partial charge on any atom is -0.332 e. The molecule has 0 saturated carbocycles. The molecule has 0 radical (unpaired) electrons. The molecular weight excluding hydrogens is 134 g/mol. The third kappa shape index (κ3) is 0.812. The first kappa shape index (κ1) is 6.60. The van der Waals surface area contributed by atoms with Crippen LogP contribution in [0.4, 0.5) is 0 Å². The molecule has 0 aromatic carbocycles. The number of hydrogen-bond acceptors (Lipinski definition) is 3. The molecule has 0 unspecified atom stereocenters. The summed E-state index contributed by atoms with van der Waals surface area (Å²) in [5, 5.41) is 0. The average Bonchev–Trinajstić information content (AvgIpc) is 1.93. The second-order valence-electron chi connectivity index (χ2n) is 1.92. The molecule has 0 atom stereocenters. The Hall–Kier alpha value is -1.52. The Balaban J connectivity index is 3.66. The van der Waals surface area contributed by atoms with Crippen LogP contribution in [-0.2, 0) is 7.05 Å². The van der Waals surface area contributed by atoms with Crippen molar-refractivity contribution in [1.82, 2.24) is 9.24 Å². The van der Waals surface area contributed by atoms with Gasteiger partial charge in [-0.3, -0.25) is 4.79 Å². The third-order valence-electron chi connectivity index (χ3n) is 1.19. The third-order valence-corrected chi connectivity index (χ3v) is 1.19. The molecule has 0 aliphatic carbocycles. The molecule has 54 valence electrons. The number of nitrogens with two attached hydrogens (primary N) is 1. The van der Waals surface area contributed by atoms with Crippen molar-refractivity contribution in [2.24, 2.45) is 7.05 Å². The van der Waals surface area contributed by atoms with E-state index in [1.807, 2.05) is 0 Å². The molecule has 2 N–H and O–H groups in total. The molecule has 1 aromatic heterocycles. The largest absolute Gasteiger partial charge is 0.349 e. The molecule has 5 heteroatoms. The molecule has 0 spiro atoms. The second kappa shape index (κ2) is 2.02. The normalized spacial score (nSPS) is 9.70. The molecule has 1 heterocycles. The fourth-order valence-electron chi connectivity index (χ4n) is 0.584. The monoisotopic (exact) mass is 141 g/mol. The van der Waals surface area contributed by atoms with E-state index in [1.165, 1.54) is 23.9 Å². The fraction of sp³-hybridized carbons (Fsp3) is 0.200. The molecule has 5 nitrogen and oxygen atoms in total. The molecule has 0 saturated heterocycles. The van der Waals surface area contributed by atoms with Crippen molar-refractivity contribution in [3.63, 3.8) is 0 Å². The van der Waals surface area contributed by atoms with Crippen molar-refractivity contribution < 1.29 is 0 Å². The van der Waals surface area contributed by atoms with E-state index >= 15 is 0 Å². The lowest BCUT2D eigenvalue weighted by molar-refractivity contribution is 0.717. The smallest absolute Gasteiger partial charge is 0.332 e. The van der Waals surface area contributed by atoms with Gasteiger partial charge in [0.1, 0.15) is 0 Å². The van der Waals surface area contributed by atoms with Crippen LogP contribution in [-0.4, -0.2) is 9.24 Å². The van der Waals surface area contributed by atoms with Gasteiger partial charge in [0.15, 0.2) is 0 Å². The Morgan fingerprint density at radius 3 is 2.60 bits per heavy atom. The van der Waals surface area contributed by atoms with Gasteiger partial charge >= 0.3 is 5.69 Å². The molecule has 0 aliphatic heterocycles. The van der Waals surface area contributed by atoms with Gasteiger partial charge in [-0.25, -0.2) is 4.79 Å². The van der Waals surface area contributed by atoms with E-state index in [0.29, 0.717) is 4.68 Å². The zero-order chi connectivity index (χ0) is 7.72. The lowest BCUT2D eigenvalue weighted by Crippen LogP contribution is -2.42. The predicted octanol–water partition coefficient (Wildman–Crippen LogP) is -1.74. The Kier molecular flexibility index (Phi) is 1.33. The van der Waals surface area contributed by atoms with Gasteiger partial charge in [-0.15, -0.1) is 0 Å². The van der Waals surface area contributed by atoms with Gasteiger partial charge in [0.2, 0.25) is 0 Å². The van der Waals surface area contributed by atoms with Gasteiger partial charge in [0.25, 0.3) is 5.56 Å². The molecule has 10 heavy (non-hydrogen) atoms. The van der Waals surface area contributed by atoms with Crippen LogP contribution in [0.2, 0.25) is 0 Å². The SMILES string of the molecule is Cn1ccc(=O)n(N)c1=O. The van der Waals surface area contributed by atoms with Crippen molar-refractivity contribution >= 4 is 0 Å². The quantitative estimate of drug-likeness (QED) is 0.436. The Morgan fingerprint density at radius 2 is 2.10 bits per heavy atom. The summed E-state index contributed by atoms with van der Waals surface area (Å²) >= 11 is 0. The minimum atomic E-state index is -0.521. The van der Waals surface area contributed by atoms with Crippen molar-refractivity contribution in [1.29, 1.82) is 0 Å². The van der Waals surface area contributed by atoms with Gasteiger partial charge in [-0.2, -0.15) is 4.68 Å². The summed E-state index contributed by atoms with van der Waals surface area (Å²) in [4.78, 5) is 21.4. The Morgan fingerprint density at radius 1 is 1.50 bits per heavy atom. The zero-order valence-corrected chi connectivity index (χ0v) is 5.44. The van der Waals surface area contributed by atoms with Gasteiger partial charge in [0, 0.05) is 19.3 Å². The van der Waals surface area contributed by atoms with E-state index in [1.54, 1.807) is 0 Å². The van der Waals surface area contributed by atoms with E-state index in [4.69, 9.17) is 5.84 Å². The average molecular weight is 141 g/mol. The highest BCUT2D eigenvalue weighted by atomic mass is 16.2. The lowest BCUT2D eigenvalue weighted by atomic mass is 10.6. The number of nitrogen functional groups attached to an aromatic ring is 1. The highest BCUT2D eigenvalue weighted by molar-refractivity contribution is 4.84. The summed E-state index contributed by atoms with van der Waals surface area (Å²) in [6, 6.07) is 1.22. The van der Waals surface area contributed by atoms with E-state index < -0.39 is 11.2 Å². The molecule has 0 amide bonds. The Labute approximate surface area is 56.3 Å². The molecule has 1 aromatic rings. The number of nitrogens with zero attached hydrogens (tertiary/aromatic N) is 2. The predicted molar refractivity (Wildman–Crippen MR) is 36.1 cm³/mol. The van der Waals surface area contributed by atoms with E-state index in [2.05, 4.69) is 0 Å². The maximum atomic E-state index is 10.8. The standard InChI is InChI=1S/C5H7N3O2/c1-7-3-2-4(9)8(6)5(7)10/h2-3H,6H2,1H3. The van der Waals surface area contributed by atoms with Gasteiger partial charge in [-0.05, 0) is 0 Å². The Bertz CT molecular complexity index is 349. The highest BCUT2D eigenvalue weighted by Gasteiger charge is 1.94. The number of aromatic nitrogens is 2. The lowest BCUT2D eigenvalue weighted by Gasteiger charge is -1.97. The second-order valence-corrected chi connectivity index (χ2v) is 1.92. The number of aryl methyl sites for hydroxylation is 1. The summed E-state index contributed by atoms with van der Waals surface area (Å²) in [6.45, 7) is 0. The van der Waals surface area contributed by atoms with Crippen LogP contribution < -0.4 is 17.1 Å². The van der Waals surface area contributed by atoms with Crippen LogP contribution >= 0.6 is 0 Å². The van der Waals surface area contributed by atoms with Crippen molar-refractivity contribution in [2.45, 2.75) is 0 Å². The van der Waals surface area contributed by atoms with Gasteiger partial charge < -0.3 is 10.4 Å². The molecular formula is C5H7N3O2. The van der Waals surface area contributed by atoms with Crippen LogP contribution in [0, 0.1) is 0 Å². The van der Waals surface area contributed by atoms with E-state index in [9.17, 15) is 9.59 Å². The molecule has 1 rings (SSSR count). The summed E-state index contributed by atoms with van der Waals surface area (Å²) in [5.74, 6) is 5.05. The topological polar surface area (TPSA) is 70.0 Å². The zero-order valence-electron chi connectivity index (χ0n) is 5.44. The highest BCUT2D eigenvalue weighted by Crippen LogP contribution is 1.64. The minimum absolute atomic E-state index is 0.497. The number of hydrogen-bond donors (Lipinski definition) is 1. The van der Waals surface area contributed by atoms with Crippen LogP contribution in [0.5, 0.6) is 0 Å². The van der Waals surface area contributed by atoms with Gasteiger partial charge in [0.05, 0.1) is 0 Å². The fourth-order valence-corrected chi connectivity index (χ4v) is 0.584. The maximum absolute atomic E-state index is 10.8.